The predicted molar refractivity (Wildman–Crippen MR) is 105 cm³/mol. The van der Waals surface area contributed by atoms with E-state index >= 15 is 0 Å². The second kappa shape index (κ2) is 9.88. The molecule has 10 heteroatoms. The van der Waals surface area contributed by atoms with Crippen LogP contribution >= 0.6 is 0 Å². The van der Waals surface area contributed by atoms with Crippen LogP contribution in [0.5, 0.6) is 11.5 Å². The number of hydrogen-bond acceptors (Lipinski definition) is 8. The Balaban J connectivity index is 2.20. The van der Waals surface area contributed by atoms with Gasteiger partial charge in [-0.3, -0.25) is 14.9 Å². The highest BCUT2D eigenvalue weighted by Gasteiger charge is 2.28. The number of hydrogen-bond donors (Lipinski definition) is 1. The van der Waals surface area contributed by atoms with Gasteiger partial charge in [0.05, 0.1) is 36.3 Å². The van der Waals surface area contributed by atoms with E-state index in [0.717, 1.165) is 12.1 Å². The first-order valence-corrected chi connectivity index (χ1v) is 8.81. The van der Waals surface area contributed by atoms with Crippen molar-refractivity contribution in [2.75, 3.05) is 19.0 Å². The van der Waals surface area contributed by atoms with Crippen molar-refractivity contribution in [3.05, 3.63) is 57.6 Å². The lowest BCUT2D eigenvalue weighted by Crippen LogP contribution is -2.30. The average molecular weight is 413 g/mol. The molecule has 1 amide bonds. The monoisotopic (exact) mass is 413 g/mol. The van der Waals surface area contributed by atoms with Crippen molar-refractivity contribution in [1.29, 1.82) is 5.26 Å². The lowest BCUT2D eigenvalue weighted by atomic mass is 10.1. The lowest BCUT2D eigenvalue weighted by Gasteiger charge is -2.15. The van der Waals surface area contributed by atoms with Gasteiger partial charge < -0.3 is 19.5 Å². The molecule has 0 aliphatic heterocycles. The fourth-order valence-electron chi connectivity index (χ4n) is 2.44. The van der Waals surface area contributed by atoms with Crippen molar-refractivity contribution in [1.82, 2.24) is 0 Å². The first-order valence-electron chi connectivity index (χ1n) is 8.81. The summed E-state index contributed by atoms with van der Waals surface area (Å²) in [6, 6.07) is 10.2. The zero-order valence-corrected chi connectivity index (χ0v) is 16.5. The highest BCUT2D eigenvalue weighted by Crippen LogP contribution is 2.35. The van der Waals surface area contributed by atoms with Crippen molar-refractivity contribution in [2.24, 2.45) is 0 Å². The van der Waals surface area contributed by atoms with Gasteiger partial charge in [0.2, 0.25) is 0 Å². The molecule has 0 fully saturated rings. The van der Waals surface area contributed by atoms with Gasteiger partial charge in [0.25, 0.3) is 11.6 Å². The van der Waals surface area contributed by atoms with Gasteiger partial charge in [-0.25, -0.2) is 4.79 Å². The number of nitro benzene ring substituents is 1. The molecule has 30 heavy (non-hydrogen) atoms. The highest BCUT2D eigenvalue weighted by atomic mass is 16.6. The van der Waals surface area contributed by atoms with Crippen LogP contribution in [0.3, 0.4) is 0 Å². The minimum absolute atomic E-state index is 0.0895. The van der Waals surface area contributed by atoms with E-state index in [9.17, 15) is 19.7 Å². The fourth-order valence-corrected chi connectivity index (χ4v) is 2.44. The predicted octanol–water partition coefficient (Wildman–Crippen LogP) is 3.06. The van der Waals surface area contributed by atoms with Crippen molar-refractivity contribution in [2.45, 2.75) is 20.0 Å². The summed E-state index contributed by atoms with van der Waals surface area (Å²) in [5.74, 6) is -1.49. The molecule has 1 N–H and O–H groups in total. The maximum absolute atomic E-state index is 12.5. The van der Waals surface area contributed by atoms with Crippen LogP contribution in [0.15, 0.2) is 36.4 Å². The van der Waals surface area contributed by atoms with Crippen molar-refractivity contribution in [3.63, 3.8) is 0 Å². The number of amides is 1. The molecule has 2 aromatic carbocycles. The van der Waals surface area contributed by atoms with E-state index in [2.05, 4.69) is 5.32 Å². The first kappa shape index (κ1) is 22.2. The third kappa shape index (κ3) is 5.23. The topological polar surface area (TPSA) is 141 Å². The quantitative estimate of drug-likeness (QED) is 0.395. The van der Waals surface area contributed by atoms with Gasteiger partial charge in [-0.1, -0.05) is 0 Å². The van der Waals surface area contributed by atoms with Crippen LogP contribution in [0.4, 0.5) is 11.4 Å². The van der Waals surface area contributed by atoms with Gasteiger partial charge >= 0.3 is 5.97 Å². The van der Waals surface area contributed by atoms with Gasteiger partial charge in [-0.2, -0.15) is 5.26 Å². The SMILES string of the molecule is CCOc1cc(C(=O)O[C@@H](C)C(=O)Nc2ccc(C#N)cc2)c([N+](=O)[O-])cc1OC. The van der Waals surface area contributed by atoms with E-state index in [1.807, 2.05) is 6.07 Å². The van der Waals surface area contributed by atoms with Crippen LogP contribution in [0.25, 0.3) is 0 Å². The summed E-state index contributed by atoms with van der Waals surface area (Å²) in [4.78, 5) is 35.5. The molecule has 0 heterocycles. The lowest BCUT2D eigenvalue weighted by molar-refractivity contribution is -0.385. The van der Waals surface area contributed by atoms with Crippen molar-refractivity contribution in [3.8, 4) is 17.6 Å². The molecule has 10 nitrogen and oxygen atoms in total. The number of carbonyl (C=O) groups is 2. The minimum atomic E-state index is -1.25. The largest absolute Gasteiger partial charge is 0.493 e. The maximum atomic E-state index is 12.5. The Bertz CT molecular complexity index is 997. The molecule has 0 aliphatic carbocycles. The van der Waals surface area contributed by atoms with E-state index in [-0.39, 0.29) is 23.7 Å². The molecular weight excluding hydrogens is 394 g/mol. The standard InChI is InChI=1S/C20H19N3O7/c1-4-29-18-9-15(16(23(26)27)10-17(18)28-3)20(25)30-12(2)19(24)22-14-7-5-13(11-21)6-8-14/h5-10,12H,4H2,1-3H3,(H,22,24)/t12-/m0/s1. The molecule has 1 atom stereocenters. The minimum Gasteiger partial charge on any atom is -0.493 e. The zero-order valence-electron chi connectivity index (χ0n) is 16.5. The summed E-state index contributed by atoms with van der Waals surface area (Å²) >= 11 is 0. The van der Waals surface area contributed by atoms with Crippen LogP contribution in [0.2, 0.25) is 0 Å². The average Bonchev–Trinajstić information content (AvgIpc) is 2.73. The van der Waals surface area contributed by atoms with E-state index in [1.54, 1.807) is 6.92 Å². The molecule has 2 rings (SSSR count). The van der Waals surface area contributed by atoms with Gasteiger partial charge in [-0.05, 0) is 38.1 Å². The smallest absolute Gasteiger partial charge is 0.346 e. The van der Waals surface area contributed by atoms with Crippen molar-refractivity contribution < 1.29 is 28.7 Å². The molecular formula is C20H19N3O7. The molecule has 2 aromatic rings. The normalized spacial score (nSPS) is 11.0. The molecule has 0 saturated heterocycles. The number of nitriles is 1. The van der Waals surface area contributed by atoms with E-state index in [1.165, 1.54) is 38.3 Å². The number of esters is 1. The molecule has 0 saturated carbocycles. The number of nitro groups is 1. The van der Waals surface area contributed by atoms with Crippen LogP contribution in [-0.4, -0.2) is 36.6 Å². The number of nitrogens with zero attached hydrogens (tertiary/aromatic N) is 2. The van der Waals surface area contributed by atoms with Gasteiger partial charge in [0.15, 0.2) is 17.6 Å². The van der Waals surface area contributed by atoms with E-state index in [0.29, 0.717) is 11.3 Å². The number of carbonyl (C=O) groups excluding carboxylic acids is 2. The summed E-state index contributed by atoms with van der Waals surface area (Å²) < 4.78 is 15.5. The number of methoxy groups -OCH3 is 1. The number of benzene rings is 2. The maximum Gasteiger partial charge on any atom is 0.346 e. The Morgan fingerprint density at radius 2 is 1.90 bits per heavy atom. The molecule has 0 spiro atoms. The summed E-state index contributed by atoms with van der Waals surface area (Å²) in [5.41, 5.74) is -0.0948. The first-order chi connectivity index (χ1) is 14.3. The Labute approximate surface area is 172 Å². The van der Waals surface area contributed by atoms with Crippen LogP contribution in [0.1, 0.15) is 29.8 Å². The second-order valence-corrected chi connectivity index (χ2v) is 5.94. The number of rotatable bonds is 8. The summed E-state index contributed by atoms with van der Waals surface area (Å²) in [5, 5.41) is 22.7. The number of ether oxygens (including phenoxy) is 3. The van der Waals surface area contributed by atoms with E-state index < -0.39 is 28.6 Å². The Morgan fingerprint density at radius 1 is 1.23 bits per heavy atom. The number of anilines is 1. The molecule has 0 aliphatic rings. The highest BCUT2D eigenvalue weighted by molar-refractivity contribution is 5.99. The second-order valence-electron chi connectivity index (χ2n) is 5.94. The van der Waals surface area contributed by atoms with Gasteiger partial charge in [0.1, 0.15) is 5.56 Å². The molecule has 0 aromatic heterocycles. The van der Waals surface area contributed by atoms with Crippen molar-refractivity contribution >= 4 is 23.3 Å². The van der Waals surface area contributed by atoms with Crippen LogP contribution < -0.4 is 14.8 Å². The third-order valence-electron chi connectivity index (χ3n) is 3.93. The Kier molecular flexibility index (Phi) is 7.30. The zero-order chi connectivity index (χ0) is 22.3. The summed E-state index contributed by atoms with van der Waals surface area (Å²) in [7, 11) is 1.31. The van der Waals surface area contributed by atoms with Gasteiger partial charge in [-0.15, -0.1) is 0 Å². The Hall–Kier alpha value is -4.13. The molecule has 0 radical (unpaired) electrons. The molecule has 0 bridgehead atoms. The van der Waals surface area contributed by atoms with Crippen LogP contribution in [0, 0.1) is 21.4 Å². The van der Waals surface area contributed by atoms with Crippen LogP contribution in [-0.2, 0) is 9.53 Å². The molecule has 0 unspecified atom stereocenters. The third-order valence-corrected chi connectivity index (χ3v) is 3.93. The summed E-state index contributed by atoms with van der Waals surface area (Å²) in [6.07, 6.45) is -1.25. The van der Waals surface area contributed by atoms with Gasteiger partial charge in [0, 0.05) is 11.8 Å². The fraction of sp³-hybridized carbons (Fsp3) is 0.250. The summed E-state index contributed by atoms with van der Waals surface area (Å²) in [6.45, 7) is 3.27. The Morgan fingerprint density at radius 3 is 2.43 bits per heavy atom. The molecule has 156 valence electrons. The van der Waals surface area contributed by atoms with E-state index in [4.69, 9.17) is 19.5 Å². The number of nitrogens with one attached hydrogen (secondary N) is 1.